The second-order valence-electron chi connectivity index (χ2n) is 5.46. The normalized spacial score (nSPS) is 10.5. The minimum atomic E-state index is -0.357. The third-order valence-corrected chi connectivity index (χ3v) is 3.56. The van der Waals surface area contributed by atoms with E-state index in [1.807, 2.05) is 31.2 Å². The SMILES string of the molecule is Cc1ccc(Cn2nc(C(=O)NCc3ccco3)ccc2=O)cc1. The number of carbonyl (C=O) groups excluding carboxylic acids is 1. The lowest BCUT2D eigenvalue weighted by Gasteiger charge is -2.08. The largest absolute Gasteiger partial charge is 0.467 e. The summed E-state index contributed by atoms with van der Waals surface area (Å²) in [5, 5.41) is 6.86. The summed E-state index contributed by atoms with van der Waals surface area (Å²) in [6.45, 7) is 2.58. The topological polar surface area (TPSA) is 77.1 Å². The molecule has 3 aromatic rings. The third-order valence-electron chi connectivity index (χ3n) is 3.56. The lowest BCUT2D eigenvalue weighted by atomic mass is 10.1. The van der Waals surface area contributed by atoms with Gasteiger partial charge in [0.1, 0.15) is 11.5 Å². The van der Waals surface area contributed by atoms with Gasteiger partial charge in [0.2, 0.25) is 0 Å². The first-order valence-corrected chi connectivity index (χ1v) is 7.56. The van der Waals surface area contributed by atoms with Gasteiger partial charge in [0.25, 0.3) is 11.5 Å². The zero-order chi connectivity index (χ0) is 16.9. The van der Waals surface area contributed by atoms with Gasteiger partial charge in [0.05, 0.1) is 19.4 Å². The Morgan fingerprint density at radius 1 is 1.17 bits per heavy atom. The summed E-state index contributed by atoms with van der Waals surface area (Å²) in [6.07, 6.45) is 1.54. The molecule has 0 bridgehead atoms. The van der Waals surface area contributed by atoms with Gasteiger partial charge in [-0.05, 0) is 30.7 Å². The number of hydrogen-bond donors (Lipinski definition) is 1. The maximum absolute atomic E-state index is 12.2. The minimum absolute atomic E-state index is 0.188. The summed E-state index contributed by atoms with van der Waals surface area (Å²) in [5.74, 6) is 0.292. The van der Waals surface area contributed by atoms with E-state index < -0.39 is 0 Å². The van der Waals surface area contributed by atoms with Crippen LogP contribution in [0.1, 0.15) is 27.4 Å². The van der Waals surface area contributed by atoms with Crippen LogP contribution in [0.5, 0.6) is 0 Å². The Morgan fingerprint density at radius 3 is 2.67 bits per heavy atom. The molecule has 0 aliphatic carbocycles. The van der Waals surface area contributed by atoms with E-state index in [0.717, 1.165) is 11.1 Å². The molecule has 6 nitrogen and oxygen atoms in total. The second kappa shape index (κ2) is 6.95. The monoisotopic (exact) mass is 323 g/mol. The zero-order valence-corrected chi connectivity index (χ0v) is 13.2. The van der Waals surface area contributed by atoms with Crippen LogP contribution >= 0.6 is 0 Å². The maximum Gasteiger partial charge on any atom is 0.272 e. The zero-order valence-electron chi connectivity index (χ0n) is 13.2. The van der Waals surface area contributed by atoms with E-state index in [1.165, 1.54) is 16.8 Å². The molecular formula is C18H17N3O3. The van der Waals surface area contributed by atoms with Crippen molar-refractivity contribution in [1.29, 1.82) is 0 Å². The number of benzene rings is 1. The number of carbonyl (C=O) groups is 1. The van der Waals surface area contributed by atoms with Gasteiger partial charge in [-0.15, -0.1) is 0 Å². The highest BCUT2D eigenvalue weighted by molar-refractivity contribution is 5.91. The fourth-order valence-electron chi connectivity index (χ4n) is 2.22. The van der Waals surface area contributed by atoms with Gasteiger partial charge in [-0.25, -0.2) is 4.68 Å². The molecule has 3 rings (SSSR count). The molecule has 1 amide bonds. The molecule has 0 atom stereocenters. The van der Waals surface area contributed by atoms with Crippen LogP contribution in [0, 0.1) is 6.92 Å². The summed E-state index contributed by atoms with van der Waals surface area (Å²) in [6, 6.07) is 14.1. The predicted octanol–water partition coefficient (Wildman–Crippen LogP) is 2.12. The fourth-order valence-corrected chi connectivity index (χ4v) is 2.22. The number of furan rings is 1. The Hall–Kier alpha value is -3.15. The first kappa shape index (κ1) is 15.7. The quantitative estimate of drug-likeness (QED) is 0.780. The van der Waals surface area contributed by atoms with Crippen molar-refractivity contribution in [1.82, 2.24) is 15.1 Å². The van der Waals surface area contributed by atoms with Crippen LogP contribution in [0.3, 0.4) is 0 Å². The lowest BCUT2D eigenvalue weighted by molar-refractivity contribution is 0.0940. The van der Waals surface area contributed by atoms with Crippen molar-refractivity contribution in [3.63, 3.8) is 0 Å². The summed E-state index contributed by atoms with van der Waals surface area (Å²) in [7, 11) is 0. The molecule has 2 heterocycles. The van der Waals surface area contributed by atoms with E-state index in [-0.39, 0.29) is 23.7 Å². The van der Waals surface area contributed by atoms with Crippen LogP contribution in [0.2, 0.25) is 0 Å². The molecule has 122 valence electrons. The molecule has 6 heteroatoms. The molecule has 0 saturated carbocycles. The molecule has 0 radical (unpaired) electrons. The average molecular weight is 323 g/mol. The molecule has 0 saturated heterocycles. The van der Waals surface area contributed by atoms with Crippen LogP contribution < -0.4 is 10.9 Å². The van der Waals surface area contributed by atoms with Crippen molar-refractivity contribution in [3.05, 3.63) is 87.7 Å². The molecule has 1 aromatic carbocycles. The van der Waals surface area contributed by atoms with Crippen molar-refractivity contribution < 1.29 is 9.21 Å². The van der Waals surface area contributed by atoms with E-state index in [4.69, 9.17) is 4.42 Å². The summed E-state index contributed by atoms with van der Waals surface area (Å²) >= 11 is 0. The molecule has 0 unspecified atom stereocenters. The van der Waals surface area contributed by atoms with Gasteiger partial charge >= 0.3 is 0 Å². The highest BCUT2D eigenvalue weighted by atomic mass is 16.3. The van der Waals surface area contributed by atoms with Crippen LogP contribution in [0.25, 0.3) is 0 Å². The molecule has 0 spiro atoms. The Bertz CT molecular complexity index is 881. The van der Waals surface area contributed by atoms with Crippen LogP contribution in [-0.4, -0.2) is 15.7 Å². The molecular weight excluding hydrogens is 306 g/mol. The van der Waals surface area contributed by atoms with Gasteiger partial charge < -0.3 is 9.73 Å². The number of amides is 1. The first-order valence-electron chi connectivity index (χ1n) is 7.56. The summed E-state index contributed by atoms with van der Waals surface area (Å²) < 4.78 is 6.45. The standard InChI is InChI=1S/C18H17N3O3/c1-13-4-6-14(7-5-13)12-21-17(22)9-8-16(20-21)18(23)19-11-15-3-2-10-24-15/h2-10H,11-12H2,1H3,(H,19,23). The van der Waals surface area contributed by atoms with Gasteiger partial charge in [-0.2, -0.15) is 5.10 Å². The van der Waals surface area contributed by atoms with Gasteiger partial charge in [0.15, 0.2) is 0 Å². The van der Waals surface area contributed by atoms with Gasteiger partial charge in [0, 0.05) is 6.07 Å². The lowest BCUT2D eigenvalue weighted by Crippen LogP contribution is -2.29. The van der Waals surface area contributed by atoms with Crippen molar-refractivity contribution in [2.75, 3.05) is 0 Å². The van der Waals surface area contributed by atoms with Gasteiger partial charge in [-0.1, -0.05) is 29.8 Å². The molecule has 0 fully saturated rings. The number of aryl methyl sites for hydroxylation is 1. The molecule has 24 heavy (non-hydrogen) atoms. The Kier molecular flexibility index (Phi) is 4.56. The van der Waals surface area contributed by atoms with Crippen LogP contribution in [0.4, 0.5) is 0 Å². The minimum Gasteiger partial charge on any atom is -0.467 e. The highest BCUT2D eigenvalue weighted by Crippen LogP contribution is 2.04. The number of rotatable bonds is 5. The van der Waals surface area contributed by atoms with E-state index in [2.05, 4.69) is 10.4 Å². The maximum atomic E-state index is 12.2. The molecule has 0 aliphatic rings. The van der Waals surface area contributed by atoms with Crippen LogP contribution in [0.15, 0.2) is 64.0 Å². The predicted molar refractivity (Wildman–Crippen MR) is 88.7 cm³/mol. The van der Waals surface area contributed by atoms with Gasteiger partial charge in [-0.3, -0.25) is 9.59 Å². The third kappa shape index (κ3) is 3.78. The Balaban J connectivity index is 1.74. The highest BCUT2D eigenvalue weighted by Gasteiger charge is 2.10. The number of aromatic nitrogens is 2. The van der Waals surface area contributed by atoms with E-state index in [9.17, 15) is 9.59 Å². The van der Waals surface area contributed by atoms with Crippen molar-refractivity contribution >= 4 is 5.91 Å². The molecule has 2 aromatic heterocycles. The van der Waals surface area contributed by atoms with Crippen molar-refractivity contribution in [2.24, 2.45) is 0 Å². The van der Waals surface area contributed by atoms with Crippen LogP contribution in [-0.2, 0) is 13.1 Å². The van der Waals surface area contributed by atoms with Crippen molar-refractivity contribution in [2.45, 2.75) is 20.0 Å². The van der Waals surface area contributed by atoms with E-state index in [0.29, 0.717) is 12.3 Å². The summed E-state index contributed by atoms with van der Waals surface area (Å²) in [4.78, 5) is 24.1. The Morgan fingerprint density at radius 2 is 1.96 bits per heavy atom. The number of hydrogen-bond acceptors (Lipinski definition) is 4. The number of nitrogens with zero attached hydrogens (tertiary/aromatic N) is 2. The first-order chi connectivity index (χ1) is 11.6. The van der Waals surface area contributed by atoms with E-state index >= 15 is 0 Å². The fraction of sp³-hybridized carbons (Fsp3) is 0.167. The second-order valence-corrected chi connectivity index (χ2v) is 5.46. The average Bonchev–Trinajstić information content (AvgIpc) is 3.10. The van der Waals surface area contributed by atoms with E-state index in [1.54, 1.807) is 18.4 Å². The smallest absolute Gasteiger partial charge is 0.272 e. The molecule has 1 N–H and O–H groups in total. The molecule has 0 aliphatic heterocycles. The summed E-state index contributed by atoms with van der Waals surface area (Å²) in [5.41, 5.74) is 2.03. The van der Waals surface area contributed by atoms with Crippen molar-refractivity contribution in [3.8, 4) is 0 Å². The number of nitrogens with one attached hydrogen (secondary N) is 1. The Labute approximate surface area is 138 Å².